The third kappa shape index (κ3) is 2.43. The average Bonchev–Trinajstić information content (AvgIpc) is 2.27. The summed E-state index contributed by atoms with van der Waals surface area (Å²) in [4.78, 5) is 6.17. The van der Waals surface area contributed by atoms with Gasteiger partial charge in [-0.2, -0.15) is 0 Å². The van der Waals surface area contributed by atoms with Crippen LogP contribution in [0.5, 0.6) is 0 Å². The van der Waals surface area contributed by atoms with Crippen LogP contribution in [0.2, 0.25) is 0 Å². The first-order valence-electron chi connectivity index (χ1n) is 4.67. The fourth-order valence-electron chi connectivity index (χ4n) is 1.12. The number of nitrogens with two attached hydrogens (primary N) is 1. The molecule has 1 aromatic rings. The second kappa shape index (κ2) is 4.93. The van der Waals surface area contributed by atoms with Gasteiger partial charge in [-0.15, -0.1) is 0 Å². The van der Waals surface area contributed by atoms with Crippen molar-refractivity contribution in [3.8, 4) is 0 Å². The van der Waals surface area contributed by atoms with Crippen LogP contribution in [-0.2, 0) is 6.54 Å². The summed E-state index contributed by atoms with van der Waals surface area (Å²) in [6, 6.07) is 3.96. The first-order valence-corrected chi connectivity index (χ1v) is 4.67. The van der Waals surface area contributed by atoms with Gasteiger partial charge in [-0.25, -0.2) is 0 Å². The Labute approximate surface area is 84.4 Å². The number of aliphatic hydroxyl groups is 1. The van der Waals surface area contributed by atoms with Gasteiger partial charge in [0.05, 0.1) is 24.2 Å². The molecule has 0 aliphatic rings. The smallest absolute Gasteiger partial charge is 0.0632 e. The van der Waals surface area contributed by atoms with E-state index in [0.29, 0.717) is 6.54 Å². The SMILES string of the molecule is CC(CO)N(C)c1ccc(CN)nc1. The van der Waals surface area contributed by atoms with Gasteiger partial charge in [-0.05, 0) is 19.1 Å². The van der Waals surface area contributed by atoms with Gasteiger partial charge >= 0.3 is 0 Å². The topological polar surface area (TPSA) is 62.4 Å². The Balaban J connectivity index is 2.75. The summed E-state index contributed by atoms with van der Waals surface area (Å²) >= 11 is 0. The Bertz CT molecular complexity index is 273. The summed E-state index contributed by atoms with van der Waals surface area (Å²) in [6.45, 7) is 2.55. The van der Waals surface area contributed by atoms with Gasteiger partial charge < -0.3 is 15.7 Å². The van der Waals surface area contributed by atoms with Crippen LogP contribution < -0.4 is 10.6 Å². The highest BCUT2D eigenvalue weighted by molar-refractivity contribution is 5.44. The second-order valence-electron chi connectivity index (χ2n) is 3.35. The molecule has 3 N–H and O–H groups in total. The molecule has 1 aromatic heterocycles. The van der Waals surface area contributed by atoms with Crippen LogP contribution in [-0.4, -0.2) is 29.8 Å². The lowest BCUT2D eigenvalue weighted by Gasteiger charge is -2.24. The first-order chi connectivity index (χ1) is 6.69. The quantitative estimate of drug-likeness (QED) is 0.728. The average molecular weight is 195 g/mol. The fraction of sp³-hybridized carbons (Fsp3) is 0.500. The Morgan fingerprint density at radius 3 is 2.71 bits per heavy atom. The molecule has 1 unspecified atom stereocenters. The standard InChI is InChI=1S/C10H17N3O/c1-8(7-14)13(2)10-4-3-9(5-11)12-6-10/h3-4,6,8,14H,5,7,11H2,1-2H3. The Hall–Kier alpha value is -1.13. The molecular weight excluding hydrogens is 178 g/mol. The number of nitrogens with zero attached hydrogens (tertiary/aromatic N) is 2. The molecule has 0 aromatic carbocycles. The molecule has 0 aliphatic carbocycles. The number of pyridine rings is 1. The minimum Gasteiger partial charge on any atom is -0.394 e. The van der Waals surface area contributed by atoms with Crippen molar-refractivity contribution in [2.24, 2.45) is 5.73 Å². The zero-order chi connectivity index (χ0) is 10.6. The van der Waals surface area contributed by atoms with Crippen molar-refractivity contribution in [2.75, 3.05) is 18.6 Å². The largest absolute Gasteiger partial charge is 0.394 e. The minimum absolute atomic E-state index is 0.0977. The van der Waals surface area contributed by atoms with Crippen molar-refractivity contribution in [3.63, 3.8) is 0 Å². The van der Waals surface area contributed by atoms with Crippen molar-refractivity contribution in [1.82, 2.24) is 4.98 Å². The zero-order valence-electron chi connectivity index (χ0n) is 8.64. The summed E-state index contributed by atoms with van der Waals surface area (Å²) < 4.78 is 0. The van der Waals surface area contributed by atoms with E-state index >= 15 is 0 Å². The lowest BCUT2D eigenvalue weighted by atomic mass is 10.2. The Kier molecular flexibility index (Phi) is 3.85. The highest BCUT2D eigenvalue weighted by Gasteiger charge is 2.08. The molecule has 0 fully saturated rings. The molecule has 1 atom stereocenters. The van der Waals surface area contributed by atoms with E-state index < -0.39 is 0 Å². The predicted octanol–water partition coefficient (Wildman–Crippen LogP) is 0.357. The van der Waals surface area contributed by atoms with Crippen molar-refractivity contribution < 1.29 is 5.11 Å². The van der Waals surface area contributed by atoms with Crippen LogP contribution in [0, 0.1) is 0 Å². The maximum absolute atomic E-state index is 8.99. The van der Waals surface area contributed by atoms with Gasteiger partial charge in [-0.3, -0.25) is 4.98 Å². The van der Waals surface area contributed by atoms with Crippen molar-refractivity contribution in [1.29, 1.82) is 0 Å². The Morgan fingerprint density at radius 2 is 2.29 bits per heavy atom. The maximum atomic E-state index is 8.99. The van der Waals surface area contributed by atoms with Gasteiger partial charge in [0.1, 0.15) is 0 Å². The third-order valence-corrected chi connectivity index (χ3v) is 2.35. The fourth-order valence-corrected chi connectivity index (χ4v) is 1.12. The van der Waals surface area contributed by atoms with E-state index in [1.807, 2.05) is 31.0 Å². The Morgan fingerprint density at radius 1 is 1.57 bits per heavy atom. The van der Waals surface area contributed by atoms with Crippen LogP contribution >= 0.6 is 0 Å². The molecule has 0 aliphatic heterocycles. The number of aliphatic hydroxyl groups excluding tert-OH is 1. The minimum atomic E-state index is 0.0977. The number of rotatable bonds is 4. The first kappa shape index (κ1) is 10.9. The van der Waals surface area contributed by atoms with E-state index in [0.717, 1.165) is 11.4 Å². The highest BCUT2D eigenvalue weighted by Crippen LogP contribution is 2.13. The van der Waals surface area contributed by atoms with Crippen molar-refractivity contribution >= 4 is 5.69 Å². The van der Waals surface area contributed by atoms with Gasteiger partial charge in [-0.1, -0.05) is 0 Å². The van der Waals surface area contributed by atoms with Crippen LogP contribution in [0.3, 0.4) is 0 Å². The van der Waals surface area contributed by atoms with Crippen LogP contribution in [0.25, 0.3) is 0 Å². The van der Waals surface area contributed by atoms with Gasteiger partial charge in [0, 0.05) is 19.6 Å². The predicted molar refractivity (Wildman–Crippen MR) is 57.1 cm³/mol. The lowest BCUT2D eigenvalue weighted by molar-refractivity contribution is 0.270. The highest BCUT2D eigenvalue weighted by atomic mass is 16.3. The summed E-state index contributed by atoms with van der Waals surface area (Å²) in [5.74, 6) is 0. The van der Waals surface area contributed by atoms with Crippen molar-refractivity contribution in [2.45, 2.75) is 19.5 Å². The van der Waals surface area contributed by atoms with Crippen molar-refractivity contribution in [3.05, 3.63) is 24.0 Å². The molecule has 14 heavy (non-hydrogen) atoms. The summed E-state index contributed by atoms with van der Waals surface area (Å²) in [6.07, 6.45) is 1.77. The number of hydrogen-bond acceptors (Lipinski definition) is 4. The molecule has 1 heterocycles. The molecule has 4 heteroatoms. The molecule has 0 spiro atoms. The number of hydrogen-bond donors (Lipinski definition) is 2. The van der Waals surface area contributed by atoms with E-state index in [1.165, 1.54) is 0 Å². The molecule has 0 amide bonds. The van der Waals surface area contributed by atoms with Gasteiger partial charge in [0.2, 0.25) is 0 Å². The molecule has 78 valence electrons. The molecular formula is C10H17N3O. The molecule has 4 nitrogen and oxygen atoms in total. The molecule has 0 radical (unpaired) electrons. The monoisotopic (exact) mass is 195 g/mol. The second-order valence-corrected chi connectivity index (χ2v) is 3.35. The molecule has 0 saturated carbocycles. The summed E-state index contributed by atoms with van der Waals surface area (Å²) in [5.41, 5.74) is 7.31. The molecule has 1 rings (SSSR count). The van der Waals surface area contributed by atoms with Crippen LogP contribution in [0.1, 0.15) is 12.6 Å². The summed E-state index contributed by atoms with van der Waals surface area (Å²) in [7, 11) is 1.93. The lowest BCUT2D eigenvalue weighted by Crippen LogP contribution is -2.31. The van der Waals surface area contributed by atoms with Crippen LogP contribution in [0.4, 0.5) is 5.69 Å². The number of anilines is 1. The maximum Gasteiger partial charge on any atom is 0.0632 e. The van der Waals surface area contributed by atoms with E-state index in [4.69, 9.17) is 10.8 Å². The van der Waals surface area contributed by atoms with E-state index in [1.54, 1.807) is 6.20 Å². The van der Waals surface area contributed by atoms with Gasteiger partial charge in [0.25, 0.3) is 0 Å². The third-order valence-electron chi connectivity index (χ3n) is 2.35. The van der Waals surface area contributed by atoms with E-state index in [-0.39, 0.29) is 12.6 Å². The zero-order valence-corrected chi connectivity index (χ0v) is 8.64. The number of aromatic nitrogens is 1. The van der Waals surface area contributed by atoms with E-state index in [9.17, 15) is 0 Å². The summed E-state index contributed by atoms with van der Waals surface area (Å²) in [5, 5.41) is 8.99. The molecule has 0 saturated heterocycles. The molecule has 0 bridgehead atoms. The van der Waals surface area contributed by atoms with Crippen LogP contribution in [0.15, 0.2) is 18.3 Å². The number of likely N-dealkylation sites (N-methyl/N-ethyl adjacent to an activating group) is 1. The van der Waals surface area contributed by atoms with Gasteiger partial charge in [0.15, 0.2) is 0 Å². The van der Waals surface area contributed by atoms with E-state index in [2.05, 4.69) is 4.98 Å². The normalized spacial score (nSPS) is 12.6.